The number of aliphatic hydroxyl groups is 3. The number of piperidine rings is 1. The maximum Gasteiger partial charge on any atom is 0.100 e. The molecule has 3 N–H and O–H groups in total. The first-order valence-corrected chi connectivity index (χ1v) is 5.24. The number of likely N-dealkylation sites (tertiary alicyclic amines) is 1. The lowest BCUT2D eigenvalue weighted by Gasteiger charge is -2.41. The van der Waals surface area contributed by atoms with Crippen molar-refractivity contribution in [1.29, 1.82) is 0 Å². The van der Waals surface area contributed by atoms with Crippen molar-refractivity contribution in [2.75, 3.05) is 19.7 Å². The standard InChI is InChI=1S/C10H21NO3/c1-8(9(2)13)11-5-3-4-10(14,6-11)7-12/h8-9,12-14H,3-7H2,1-2H3. The summed E-state index contributed by atoms with van der Waals surface area (Å²) in [6, 6.07) is 0.0355. The Balaban J connectivity index is 2.56. The first kappa shape index (κ1) is 11.9. The van der Waals surface area contributed by atoms with Crippen molar-refractivity contribution < 1.29 is 15.3 Å². The van der Waals surface area contributed by atoms with E-state index in [0.717, 1.165) is 13.0 Å². The van der Waals surface area contributed by atoms with Crippen LogP contribution in [0.3, 0.4) is 0 Å². The molecule has 0 radical (unpaired) electrons. The summed E-state index contributed by atoms with van der Waals surface area (Å²) < 4.78 is 0. The van der Waals surface area contributed by atoms with Gasteiger partial charge in [-0.1, -0.05) is 0 Å². The van der Waals surface area contributed by atoms with E-state index < -0.39 is 11.7 Å². The molecule has 0 aromatic carbocycles. The minimum Gasteiger partial charge on any atom is -0.393 e. The van der Waals surface area contributed by atoms with Gasteiger partial charge >= 0.3 is 0 Å². The van der Waals surface area contributed by atoms with Gasteiger partial charge in [-0.05, 0) is 33.2 Å². The van der Waals surface area contributed by atoms with E-state index in [1.54, 1.807) is 6.92 Å². The number of β-amino-alcohol motifs (C(OH)–C–C–N with tert-alkyl or cyclic N) is 1. The summed E-state index contributed by atoms with van der Waals surface area (Å²) in [7, 11) is 0. The zero-order chi connectivity index (χ0) is 10.8. The molecule has 4 nitrogen and oxygen atoms in total. The molecule has 3 unspecified atom stereocenters. The van der Waals surface area contributed by atoms with Gasteiger partial charge in [0, 0.05) is 12.6 Å². The summed E-state index contributed by atoms with van der Waals surface area (Å²) in [5.74, 6) is 0. The SMILES string of the molecule is CC(O)C(C)N1CCCC(O)(CO)C1. The zero-order valence-corrected chi connectivity index (χ0v) is 8.98. The molecule has 0 spiro atoms. The van der Waals surface area contributed by atoms with Crippen molar-refractivity contribution in [2.45, 2.75) is 44.4 Å². The molecule has 1 saturated heterocycles. The molecule has 84 valence electrons. The smallest absolute Gasteiger partial charge is 0.100 e. The third-order valence-corrected chi connectivity index (χ3v) is 3.15. The highest BCUT2D eigenvalue weighted by Gasteiger charge is 2.35. The van der Waals surface area contributed by atoms with Crippen LogP contribution in [0.1, 0.15) is 26.7 Å². The van der Waals surface area contributed by atoms with E-state index in [2.05, 4.69) is 0 Å². The highest BCUT2D eigenvalue weighted by atomic mass is 16.3. The minimum absolute atomic E-state index is 0.0355. The molecule has 0 aromatic rings. The normalized spacial score (nSPS) is 34.1. The molecule has 0 aromatic heterocycles. The molecule has 0 amide bonds. The molecule has 1 aliphatic rings. The van der Waals surface area contributed by atoms with Crippen molar-refractivity contribution in [3.8, 4) is 0 Å². The summed E-state index contributed by atoms with van der Waals surface area (Å²) in [4.78, 5) is 2.03. The van der Waals surface area contributed by atoms with E-state index in [1.807, 2.05) is 11.8 Å². The van der Waals surface area contributed by atoms with E-state index in [0.29, 0.717) is 13.0 Å². The van der Waals surface area contributed by atoms with E-state index in [1.165, 1.54) is 0 Å². The molecular formula is C10H21NO3. The van der Waals surface area contributed by atoms with Crippen molar-refractivity contribution in [3.63, 3.8) is 0 Å². The Bertz CT molecular complexity index is 186. The van der Waals surface area contributed by atoms with Crippen LogP contribution < -0.4 is 0 Å². The van der Waals surface area contributed by atoms with Gasteiger partial charge in [-0.15, -0.1) is 0 Å². The summed E-state index contributed by atoms with van der Waals surface area (Å²) >= 11 is 0. The average Bonchev–Trinajstić information content (AvgIpc) is 2.16. The lowest BCUT2D eigenvalue weighted by molar-refractivity contribution is -0.0850. The molecule has 1 rings (SSSR count). The van der Waals surface area contributed by atoms with Gasteiger partial charge in [-0.25, -0.2) is 0 Å². The van der Waals surface area contributed by atoms with Crippen LogP contribution in [0, 0.1) is 0 Å². The van der Waals surface area contributed by atoms with Crippen LogP contribution >= 0.6 is 0 Å². The Kier molecular flexibility index (Phi) is 3.89. The van der Waals surface area contributed by atoms with E-state index in [4.69, 9.17) is 5.11 Å². The second kappa shape index (κ2) is 4.57. The largest absolute Gasteiger partial charge is 0.393 e. The number of rotatable bonds is 3. The van der Waals surface area contributed by atoms with Crippen LogP contribution in [-0.4, -0.2) is 57.7 Å². The summed E-state index contributed by atoms with van der Waals surface area (Å²) in [6.45, 7) is 4.82. The zero-order valence-electron chi connectivity index (χ0n) is 8.98. The molecular weight excluding hydrogens is 182 g/mol. The lowest BCUT2D eigenvalue weighted by Crippen LogP contribution is -2.55. The number of hydrogen-bond donors (Lipinski definition) is 3. The molecule has 3 atom stereocenters. The van der Waals surface area contributed by atoms with Gasteiger partial charge in [-0.3, -0.25) is 4.90 Å². The predicted octanol–water partition coefficient (Wildman–Crippen LogP) is -0.425. The molecule has 0 aliphatic carbocycles. The number of aliphatic hydroxyl groups excluding tert-OH is 2. The molecule has 0 bridgehead atoms. The predicted molar refractivity (Wildman–Crippen MR) is 54.0 cm³/mol. The van der Waals surface area contributed by atoms with Crippen LogP contribution in [-0.2, 0) is 0 Å². The van der Waals surface area contributed by atoms with E-state index >= 15 is 0 Å². The van der Waals surface area contributed by atoms with Gasteiger partial charge in [0.15, 0.2) is 0 Å². The third-order valence-electron chi connectivity index (χ3n) is 3.15. The highest BCUT2D eigenvalue weighted by Crippen LogP contribution is 2.22. The molecule has 4 heteroatoms. The lowest BCUT2D eigenvalue weighted by atomic mass is 9.92. The number of hydrogen-bond acceptors (Lipinski definition) is 4. The van der Waals surface area contributed by atoms with Crippen molar-refractivity contribution in [1.82, 2.24) is 4.90 Å². The van der Waals surface area contributed by atoms with Crippen molar-refractivity contribution >= 4 is 0 Å². The van der Waals surface area contributed by atoms with E-state index in [-0.39, 0.29) is 12.6 Å². The van der Waals surface area contributed by atoms with Crippen molar-refractivity contribution in [2.24, 2.45) is 0 Å². The van der Waals surface area contributed by atoms with Gasteiger partial charge in [0.2, 0.25) is 0 Å². The van der Waals surface area contributed by atoms with Crippen molar-refractivity contribution in [3.05, 3.63) is 0 Å². The fourth-order valence-corrected chi connectivity index (χ4v) is 1.93. The second-order valence-corrected chi connectivity index (χ2v) is 4.44. The summed E-state index contributed by atoms with van der Waals surface area (Å²) in [5.41, 5.74) is -0.971. The summed E-state index contributed by atoms with van der Waals surface area (Å²) in [5, 5.41) is 28.4. The second-order valence-electron chi connectivity index (χ2n) is 4.44. The minimum atomic E-state index is -0.971. The molecule has 1 heterocycles. The maximum atomic E-state index is 9.91. The fraction of sp³-hybridized carbons (Fsp3) is 1.00. The quantitative estimate of drug-likeness (QED) is 0.582. The fourth-order valence-electron chi connectivity index (χ4n) is 1.93. The first-order chi connectivity index (χ1) is 6.48. The molecule has 0 saturated carbocycles. The Labute approximate surface area is 85.2 Å². The molecule has 1 fully saturated rings. The number of nitrogens with zero attached hydrogens (tertiary/aromatic N) is 1. The Morgan fingerprint density at radius 1 is 1.43 bits per heavy atom. The first-order valence-electron chi connectivity index (χ1n) is 5.24. The average molecular weight is 203 g/mol. The van der Waals surface area contributed by atoms with Gasteiger partial charge in [0.25, 0.3) is 0 Å². The van der Waals surface area contributed by atoms with Gasteiger partial charge in [0.1, 0.15) is 5.60 Å². The van der Waals surface area contributed by atoms with Crippen LogP contribution in [0.5, 0.6) is 0 Å². The monoisotopic (exact) mass is 203 g/mol. The van der Waals surface area contributed by atoms with Gasteiger partial charge in [-0.2, -0.15) is 0 Å². The maximum absolute atomic E-state index is 9.91. The summed E-state index contributed by atoms with van der Waals surface area (Å²) in [6.07, 6.45) is 1.11. The van der Waals surface area contributed by atoms with Gasteiger partial charge in [0.05, 0.1) is 12.7 Å². The third kappa shape index (κ3) is 2.67. The molecule has 14 heavy (non-hydrogen) atoms. The van der Waals surface area contributed by atoms with Crippen LogP contribution in [0.4, 0.5) is 0 Å². The highest BCUT2D eigenvalue weighted by molar-refractivity contribution is 4.89. The Morgan fingerprint density at radius 3 is 2.57 bits per heavy atom. The Morgan fingerprint density at radius 2 is 2.07 bits per heavy atom. The van der Waals surface area contributed by atoms with Crippen LogP contribution in [0.2, 0.25) is 0 Å². The molecule has 1 aliphatic heterocycles. The topological polar surface area (TPSA) is 63.9 Å². The van der Waals surface area contributed by atoms with Gasteiger partial charge < -0.3 is 15.3 Å². The van der Waals surface area contributed by atoms with Crippen LogP contribution in [0.25, 0.3) is 0 Å². The Hall–Kier alpha value is -0.160. The van der Waals surface area contributed by atoms with E-state index in [9.17, 15) is 10.2 Å². The van der Waals surface area contributed by atoms with Crippen LogP contribution in [0.15, 0.2) is 0 Å².